The Morgan fingerprint density at radius 3 is 2.79 bits per heavy atom. The van der Waals surface area contributed by atoms with E-state index in [1.165, 1.54) is 0 Å². The molecule has 106 valence electrons. The Balaban J connectivity index is 2.61. The van der Waals surface area contributed by atoms with Gasteiger partial charge in [0.1, 0.15) is 11.8 Å². The molecule has 4 nitrogen and oxygen atoms in total. The lowest BCUT2D eigenvalue weighted by atomic mass is 10.1. The molecule has 0 aliphatic carbocycles. The van der Waals surface area contributed by atoms with Crippen LogP contribution >= 0.6 is 15.9 Å². The first-order valence-corrected chi connectivity index (χ1v) is 7.16. The predicted octanol–water partition coefficient (Wildman–Crippen LogP) is 3.19. The third-order valence-corrected chi connectivity index (χ3v) is 3.68. The molecule has 1 aromatic carbocycles. The zero-order valence-corrected chi connectivity index (χ0v) is 12.9. The van der Waals surface area contributed by atoms with Gasteiger partial charge in [-0.05, 0) is 24.1 Å². The molecular weight excluding hydrogens is 310 g/mol. The molecule has 1 atom stereocenters. The SMILES string of the molecule is CCCC[C@H](NCc1ccc(OC)cc1Br)C(=O)O. The molecule has 0 saturated heterocycles. The summed E-state index contributed by atoms with van der Waals surface area (Å²) in [6.07, 6.45) is 2.56. The van der Waals surface area contributed by atoms with Crippen molar-refractivity contribution in [2.75, 3.05) is 7.11 Å². The maximum Gasteiger partial charge on any atom is 0.320 e. The minimum absolute atomic E-state index is 0.492. The van der Waals surface area contributed by atoms with E-state index in [4.69, 9.17) is 9.84 Å². The van der Waals surface area contributed by atoms with Crippen molar-refractivity contribution >= 4 is 21.9 Å². The van der Waals surface area contributed by atoms with Crippen LogP contribution in [-0.2, 0) is 11.3 Å². The summed E-state index contributed by atoms with van der Waals surface area (Å²) in [6.45, 7) is 2.57. The maximum atomic E-state index is 11.1. The number of methoxy groups -OCH3 is 1. The highest BCUT2D eigenvalue weighted by Gasteiger charge is 2.16. The van der Waals surface area contributed by atoms with Crippen molar-refractivity contribution in [3.8, 4) is 5.75 Å². The molecular formula is C14H20BrNO3. The summed E-state index contributed by atoms with van der Waals surface area (Å²) in [5, 5.41) is 12.2. The molecule has 1 rings (SSSR count). The first-order chi connectivity index (χ1) is 9.08. The Kier molecular flexibility index (Phi) is 6.87. The fraction of sp³-hybridized carbons (Fsp3) is 0.500. The summed E-state index contributed by atoms with van der Waals surface area (Å²) in [7, 11) is 1.62. The first kappa shape index (κ1) is 16.0. The van der Waals surface area contributed by atoms with Crippen LogP contribution in [0, 0.1) is 0 Å². The van der Waals surface area contributed by atoms with Crippen LogP contribution in [0.3, 0.4) is 0 Å². The van der Waals surface area contributed by atoms with Crippen LogP contribution in [0.25, 0.3) is 0 Å². The van der Waals surface area contributed by atoms with E-state index in [-0.39, 0.29) is 0 Å². The van der Waals surface area contributed by atoms with Gasteiger partial charge >= 0.3 is 5.97 Å². The average molecular weight is 330 g/mol. The monoisotopic (exact) mass is 329 g/mol. The van der Waals surface area contributed by atoms with Crippen molar-refractivity contribution in [2.24, 2.45) is 0 Å². The summed E-state index contributed by atoms with van der Waals surface area (Å²) in [5.41, 5.74) is 1.02. The molecule has 0 fully saturated rings. The highest BCUT2D eigenvalue weighted by molar-refractivity contribution is 9.10. The van der Waals surface area contributed by atoms with Crippen molar-refractivity contribution in [1.82, 2.24) is 5.32 Å². The Morgan fingerprint density at radius 1 is 1.53 bits per heavy atom. The average Bonchev–Trinajstić information content (AvgIpc) is 2.39. The van der Waals surface area contributed by atoms with Gasteiger partial charge in [-0.2, -0.15) is 0 Å². The third-order valence-electron chi connectivity index (χ3n) is 2.94. The number of rotatable bonds is 8. The molecule has 5 heteroatoms. The minimum atomic E-state index is -0.793. The van der Waals surface area contributed by atoms with Crippen LogP contribution in [0.2, 0.25) is 0 Å². The van der Waals surface area contributed by atoms with Crippen molar-refractivity contribution in [2.45, 2.75) is 38.8 Å². The quantitative estimate of drug-likeness (QED) is 0.769. The number of carboxylic acids is 1. The molecule has 0 spiro atoms. The Morgan fingerprint density at radius 2 is 2.26 bits per heavy atom. The number of halogens is 1. The van der Waals surface area contributed by atoms with Gasteiger partial charge in [0, 0.05) is 11.0 Å². The van der Waals surface area contributed by atoms with Crippen molar-refractivity contribution in [3.05, 3.63) is 28.2 Å². The second-order valence-corrected chi connectivity index (χ2v) is 5.23. The van der Waals surface area contributed by atoms with E-state index < -0.39 is 12.0 Å². The standard InChI is InChI=1S/C14H20BrNO3/c1-3-4-5-13(14(17)18)16-9-10-6-7-11(19-2)8-12(10)15/h6-8,13,16H,3-5,9H2,1-2H3,(H,17,18)/t13-/m0/s1. The summed E-state index contributed by atoms with van der Waals surface area (Å²) in [6, 6.07) is 5.17. The second kappa shape index (κ2) is 8.17. The second-order valence-electron chi connectivity index (χ2n) is 4.37. The lowest BCUT2D eigenvalue weighted by Crippen LogP contribution is -2.36. The van der Waals surface area contributed by atoms with Crippen LogP contribution < -0.4 is 10.1 Å². The number of aliphatic carboxylic acids is 1. The predicted molar refractivity (Wildman–Crippen MR) is 78.5 cm³/mol. The van der Waals surface area contributed by atoms with Gasteiger partial charge in [0.05, 0.1) is 7.11 Å². The molecule has 0 unspecified atom stereocenters. The Labute approximate surface area is 122 Å². The Bertz CT molecular complexity index is 423. The van der Waals surface area contributed by atoms with Gasteiger partial charge in [-0.25, -0.2) is 0 Å². The van der Waals surface area contributed by atoms with Crippen LogP contribution in [0.15, 0.2) is 22.7 Å². The Hall–Kier alpha value is -1.07. The summed E-state index contributed by atoms with van der Waals surface area (Å²) >= 11 is 3.46. The fourth-order valence-corrected chi connectivity index (χ4v) is 2.25. The number of carbonyl (C=O) groups is 1. The highest BCUT2D eigenvalue weighted by atomic mass is 79.9. The van der Waals surface area contributed by atoms with Gasteiger partial charge in [0.25, 0.3) is 0 Å². The summed E-state index contributed by atoms with van der Waals surface area (Å²) in [4.78, 5) is 11.1. The molecule has 2 N–H and O–H groups in total. The van der Waals surface area contributed by atoms with Crippen molar-refractivity contribution in [1.29, 1.82) is 0 Å². The van der Waals surface area contributed by atoms with E-state index in [9.17, 15) is 4.79 Å². The van der Waals surface area contributed by atoms with Gasteiger partial charge in [-0.3, -0.25) is 4.79 Å². The molecule has 0 saturated carbocycles. The molecule has 19 heavy (non-hydrogen) atoms. The molecule has 1 aromatic rings. The number of benzene rings is 1. The fourth-order valence-electron chi connectivity index (χ4n) is 1.75. The maximum absolute atomic E-state index is 11.1. The molecule has 0 bridgehead atoms. The van der Waals surface area contributed by atoms with E-state index in [0.29, 0.717) is 13.0 Å². The first-order valence-electron chi connectivity index (χ1n) is 6.37. The number of ether oxygens (including phenoxy) is 1. The van der Waals surface area contributed by atoms with Crippen LogP contribution in [-0.4, -0.2) is 24.2 Å². The third kappa shape index (κ3) is 5.20. The molecule has 0 amide bonds. The molecule has 0 radical (unpaired) electrons. The highest BCUT2D eigenvalue weighted by Crippen LogP contribution is 2.23. The number of hydrogen-bond acceptors (Lipinski definition) is 3. The smallest absolute Gasteiger partial charge is 0.320 e. The summed E-state index contributed by atoms with van der Waals surface area (Å²) < 4.78 is 6.04. The van der Waals surface area contributed by atoms with E-state index >= 15 is 0 Å². The topological polar surface area (TPSA) is 58.6 Å². The van der Waals surface area contributed by atoms with Gasteiger partial charge in [0.15, 0.2) is 0 Å². The van der Waals surface area contributed by atoms with Gasteiger partial charge in [0.2, 0.25) is 0 Å². The van der Waals surface area contributed by atoms with Crippen LogP contribution in [0.1, 0.15) is 31.7 Å². The van der Waals surface area contributed by atoms with E-state index in [2.05, 4.69) is 28.2 Å². The minimum Gasteiger partial charge on any atom is -0.497 e. The lowest BCUT2D eigenvalue weighted by Gasteiger charge is -2.15. The van der Waals surface area contributed by atoms with Gasteiger partial charge in [-0.1, -0.05) is 41.8 Å². The normalized spacial score (nSPS) is 12.2. The molecule has 0 aromatic heterocycles. The molecule has 0 heterocycles. The van der Waals surface area contributed by atoms with Crippen LogP contribution in [0.5, 0.6) is 5.75 Å². The van der Waals surface area contributed by atoms with E-state index in [0.717, 1.165) is 28.6 Å². The van der Waals surface area contributed by atoms with Crippen molar-refractivity contribution < 1.29 is 14.6 Å². The zero-order valence-electron chi connectivity index (χ0n) is 11.3. The van der Waals surface area contributed by atoms with E-state index in [1.54, 1.807) is 7.11 Å². The lowest BCUT2D eigenvalue weighted by molar-refractivity contribution is -0.139. The van der Waals surface area contributed by atoms with Crippen LogP contribution in [0.4, 0.5) is 0 Å². The largest absolute Gasteiger partial charge is 0.497 e. The van der Waals surface area contributed by atoms with Crippen molar-refractivity contribution in [3.63, 3.8) is 0 Å². The number of nitrogens with one attached hydrogen (secondary N) is 1. The number of carboxylic acid groups (broad SMARTS) is 1. The molecule has 0 aliphatic heterocycles. The summed E-state index contributed by atoms with van der Waals surface area (Å²) in [5.74, 6) is -0.0190. The zero-order chi connectivity index (χ0) is 14.3. The number of unbranched alkanes of at least 4 members (excludes halogenated alkanes) is 1. The molecule has 0 aliphatic rings. The van der Waals surface area contributed by atoms with E-state index in [1.807, 2.05) is 18.2 Å². The number of hydrogen-bond donors (Lipinski definition) is 2. The van der Waals surface area contributed by atoms with Gasteiger partial charge in [-0.15, -0.1) is 0 Å². The van der Waals surface area contributed by atoms with Gasteiger partial charge < -0.3 is 15.2 Å².